The van der Waals surface area contributed by atoms with Crippen LogP contribution in [0, 0.1) is 0 Å². The minimum absolute atomic E-state index is 0.0263. The second-order valence-corrected chi connectivity index (χ2v) is 6.08. The number of carbonyl (C=O) groups excluding carboxylic acids is 2. The zero-order chi connectivity index (χ0) is 15.5. The molecule has 2 aliphatic rings. The summed E-state index contributed by atoms with van der Waals surface area (Å²) in [5.74, 6) is 0.146. The van der Waals surface area contributed by atoms with Gasteiger partial charge in [-0.1, -0.05) is 6.07 Å². The minimum atomic E-state index is 0.0263. The largest absolute Gasteiger partial charge is 0.358 e. The van der Waals surface area contributed by atoms with Gasteiger partial charge in [0.15, 0.2) is 0 Å². The lowest BCUT2D eigenvalue weighted by Gasteiger charge is -2.34. The number of fused-ring (bicyclic) bond motifs is 1. The van der Waals surface area contributed by atoms with Gasteiger partial charge in [-0.15, -0.1) is 0 Å². The first-order valence-electron chi connectivity index (χ1n) is 8.01. The molecule has 1 aromatic carbocycles. The van der Waals surface area contributed by atoms with Crippen LogP contribution in [0.1, 0.15) is 27.9 Å². The van der Waals surface area contributed by atoms with Crippen molar-refractivity contribution in [2.75, 3.05) is 39.8 Å². The Morgan fingerprint density at radius 1 is 1.09 bits per heavy atom. The van der Waals surface area contributed by atoms with Crippen LogP contribution in [0.4, 0.5) is 0 Å². The fourth-order valence-electron chi connectivity index (χ4n) is 3.28. The van der Waals surface area contributed by atoms with E-state index in [0.29, 0.717) is 19.6 Å². The van der Waals surface area contributed by atoms with E-state index in [-0.39, 0.29) is 11.8 Å². The number of piperazine rings is 1. The number of carbonyl (C=O) groups is 2. The summed E-state index contributed by atoms with van der Waals surface area (Å²) in [6.07, 6.45) is 3.43. The monoisotopic (exact) mass is 301 g/mol. The Bertz CT molecular complexity index is 577. The van der Waals surface area contributed by atoms with E-state index in [2.05, 4.69) is 22.3 Å². The first kappa shape index (κ1) is 15.0. The van der Waals surface area contributed by atoms with Gasteiger partial charge in [0.1, 0.15) is 0 Å². The second-order valence-electron chi connectivity index (χ2n) is 6.08. The first-order chi connectivity index (χ1) is 10.7. The third-order valence-electron chi connectivity index (χ3n) is 4.65. The quantitative estimate of drug-likeness (QED) is 0.893. The summed E-state index contributed by atoms with van der Waals surface area (Å²) in [4.78, 5) is 28.0. The van der Waals surface area contributed by atoms with Crippen molar-refractivity contribution >= 4 is 11.8 Å². The van der Waals surface area contributed by atoms with Crippen molar-refractivity contribution in [1.82, 2.24) is 15.1 Å². The molecule has 118 valence electrons. The predicted molar refractivity (Wildman–Crippen MR) is 84.9 cm³/mol. The molecule has 0 spiro atoms. The second kappa shape index (κ2) is 6.48. The van der Waals surface area contributed by atoms with E-state index in [1.54, 1.807) is 7.05 Å². The van der Waals surface area contributed by atoms with Gasteiger partial charge in [0.25, 0.3) is 5.91 Å². The lowest BCUT2D eigenvalue weighted by Crippen LogP contribution is -2.50. The van der Waals surface area contributed by atoms with Crippen LogP contribution in [0.2, 0.25) is 0 Å². The molecule has 1 saturated heterocycles. The maximum atomic E-state index is 12.6. The van der Waals surface area contributed by atoms with Crippen LogP contribution in [0.5, 0.6) is 0 Å². The Morgan fingerprint density at radius 3 is 2.55 bits per heavy atom. The van der Waals surface area contributed by atoms with E-state index < -0.39 is 0 Å². The molecule has 0 saturated carbocycles. The van der Waals surface area contributed by atoms with Crippen molar-refractivity contribution in [1.29, 1.82) is 0 Å². The maximum Gasteiger partial charge on any atom is 0.253 e. The van der Waals surface area contributed by atoms with Gasteiger partial charge >= 0.3 is 0 Å². The van der Waals surface area contributed by atoms with Crippen molar-refractivity contribution in [2.45, 2.75) is 19.3 Å². The molecule has 1 aliphatic heterocycles. The van der Waals surface area contributed by atoms with E-state index in [9.17, 15) is 9.59 Å². The SMILES string of the molecule is CNC(=O)CN1CCN(C(=O)c2ccc3c(c2)CCC3)CC1. The van der Waals surface area contributed by atoms with Gasteiger partial charge in [-0.2, -0.15) is 0 Å². The summed E-state index contributed by atoms with van der Waals surface area (Å²) in [5.41, 5.74) is 3.54. The number of nitrogens with one attached hydrogen (secondary N) is 1. The third-order valence-corrected chi connectivity index (χ3v) is 4.65. The lowest BCUT2D eigenvalue weighted by molar-refractivity contribution is -0.122. The molecule has 1 fully saturated rings. The molecule has 1 aromatic rings. The number of amides is 2. The molecular formula is C17H23N3O2. The van der Waals surface area contributed by atoms with Gasteiger partial charge in [-0.05, 0) is 42.5 Å². The molecule has 22 heavy (non-hydrogen) atoms. The molecule has 5 nitrogen and oxygen atoms in total. The highest BCUT2D eigenvalue weighted by molar-refractivity contribution is 5.94. The molecule has 5 heteroatoms. The zero-order valence-electron chi connectivity index (χ0n) is 13.1. The van der Waals surface area contributed by atoms with Crippen molar-refractivity contribution in [3.05, 3.63) is 34.9 Å². The van der Waals surface area contributed by atoms with Gasteiger partial charge in [0.2, 0.25) is 5.91 Å². The van der Waals surface area contributed by atoms with Gasteiger partial charge < -0.3 is 10.2 Å². The summed E-state index contributed by atoms with van der Waals surface area (Å²) >= 11 is 0. The van der Waals surface area contributed by atoms with Crippen LogP contribution in [0.3, 0.4) is 0 Å². The average Bonchev–Trinajstić information content (AvgIpc) is 3.02. The van der Waals surface area contributed by atoms with Crippen LogP contribution < -0.4 is 5.32 Å². The molecule has 3 rings (SSSR count). The van der Waals surface area contributed by atoms with Gasteiger partial charge in [-0.3, -0.25) is 14.5 Å². The normalized spacial score (nSPS) is 18.1. The summed E-state index contributed by atoms with van der Waals surface area (Å²) in [5, 5.41) is 2.63. The van der Waals surface area contributed by atoms with Crippen LogP contribution in [-0.2, 0) is 17.6 Å². The summed E-state index contributed by atoms with van der Waals surface area (Å²) in [6, 6.07) is 6.14. The van der Waals surface area contributed by atoms with Gasteiger partial charge in [0.05, 0.1) is 6.54 Å². The molecule has 0 unspecified atom stereocenters. The topological polar surface area (TPSA) is 52.7 Å². The highest BCUT2D eigenvalue weighted by Gasteiger charge is 2.24. The summed E-state index contributed by atoms with van der Waals surface area (Å²) in [6.45, 7) is 3.30. The molecule has 1 heterocycles. The van der Waals surface area contributed by atoms with Crippen molar-refractivity contribution in [3.63, 3.8) is 0 Å². The summed E-state index contributed by atoms with van der Waals surface area (Å²) < 4.78 is 0. The Hall–Kier alpha value is -1.88. The predicted octanol–water partition coefficient (Wildman–Crippen LogP) is 0.679. The number of aryl methyl sites for hydroxylation is 2. The Labute approximate surface area is 131 Å². The Balaban J connectivity index is 1.59. The van der Waals surface area contributed by atoms with E-state index in [1.165, 1.54) is 17.5 Å². The number of likely N-dealkylation sites (N-methyl/N-ethyl adjacent to an activating group) is 1. The van der Waals surface area contributed by atoms with Crippen LogP contribution in [0.25, 0.3) is 0 Å². The van der Waals surface area contributed by atoms with Crippen molar-refractivity contribution < 1.29 is 9.59 Å². The summed E-state index contributed by atoms with van der Waals surface area (Å²) in [7, 11) is 1.65. The van der Waals surface area contributed by atoms with Crippen LogP contribution in [0.15, 0.2) is 18.2 Å². The smallest absolute Gasteiger partial charge is 0.253 e. The number of benzene rings is 1. The van der Waals surface area contributed by atoms with Gasteiger partial charge in [0, 0.05) is 38.8 Å². The van der Waals surface area contributed by atoms with E-state index in [4.69, 9.17) is 0 Å². The molecule has 0 aromatic heterocycles. The van der Waals surface area contributed by atoms with Crippen LogP contribution in [-0.4, -0.2) is 61.4 Å². The number of hydrogen-bond donors (Lipinski definition) is 1. The Kier molecular flexibility index (Phi) is 4.43. The molecule has 1 aliphatic carbocycles. The number of rotatable bonds is 3. The maximum absolute atomic E-state index is 12.6. The minimum Gasteiger partial charge on any atom is -0.358 e. The van der Waals surface area contributed by atoms with Crippen LogP contribution >= 0.6 is 0 Å². The van der Waals surface area contributed by atoms with E-state index in [0.717, 1.165) is 31.5 Å². The molecule has 1 N–H and O–H groups in total. The Morgan fingerprint density at radius 2 is 1.82 bits per heavy atom. The first-order valence-corrected chi connectivity index (χ1v) is 8.01. The highest BCUT2D eigenvalue weighted by Crippen LogP contribution is 2.23. The van der Waals surface area contributed by atoms with Crippen molar-refractivity contribution in [3.8, 4) is 0 Å². The molecular weight excluding hydrogens is 278 g/mol. The fourth-order valence-corrected chi connectivity index (χ4v) is 3.28. The van der Waals surface area contributed by atoms with E-state index >= 15 is 0 Å². The van der Waals surface area contributed by atoms with E-state index in [1.807, 2.05) is 11.0 Å². The zero-order valence-corrected chi connectivity index (χ0v) is 13.1. The highest BCUT2D eigenvalue weighted by atomic mass is 16.2. The number of nitrogens with zero attached hydrogens (tertiary/aromatic N) is 2. The fraction of sp³-hybridized carbons (Fsp3) is 0.529. The van der Waals surface area contributed by atoms with Gasteiger partial charge in [-0.25, -0.2) is 0 Å². The standard InChI is InChI=1S/C17H23N3O2/c1-18-16(21)12-19-7-9-20(10-8-19)17(22)15-6-5-13-3-2-4-14(13)11-15/h5-6,11H,2-4,7-10,12H2,1H3,(H,18,21). The van der Waals surface area contributed by atoms with Crippen molar-refractivity contribution in [2.24, 2.45) is 0 Å². The molecule has 0 radical (unpaired) electrons. The molecule has 2 amide bonds. The lowest BCUT2D eigenvalue weighted by atomic mass is 10.1. The average molecular weight is 301 g/mol. The molecule has 0 atom stereocenters. The third kappa shape index (κ3) is 3.14. The molecule has 0 bridgehead atoms. The number of hydrogen-bond acceptors (Lipinski definition) is 3.